The average Bonchev–Trinajstić information content (AvgIpc) is 2.87. The third kappa shape index (κ3) is 4.42. The average molecular weight is 461 g/mol. The molecule has 4 aromatic carbocycles. The van der Waals surface area contributed by atoms with Crippen LogP contribution in [-0.2, 0) is 14.8 Å². The molecule has 1 fully saturated rings. The van der Waals surface area contributed by atoms with Crippen molar-refractivity contribution in [2.75, 3.05) is 32.8 Å². The highest BCUT2D eigenvalue weighted by Gasteiger charge is 2.30. The van der Waals surface area contributed by atoms with Gasteiger partial charge in [0.1, 0.15) is 5.75 Å². The second-order valence-electron chi connectivity index (χ2n) is 8.09. The van der Waals surface area contributed by atoms with E-state index in [1.807, 2.05) is 72.8 Å². The fraction of sp³-hybridized carbons (Fsp3) is 0.192. The summed E-state index contributed by atoms with van der Waals surface area (Å²) in [6.07, 6.45) is 0. The molecule has 1 aliphatic heterocycles. The zero-order valence-electron chi connectivity index (χ0n) is 18.1. The van der Waals surface area contributed by atoms with Crippen molar-refractivity contribution in [1.29, 1.82) is 0 Å². The molecule has 0 unspecified atom stereocenters. The lowest BCUT2D eigenvalue weighted by molar-refractivity contribution is -0.134. The van der Waals surface area contributed by atoms with Gasteiger partial charge in [-0.1, -0.05) is 60.7 Å². The summed E-state index contributed by atoms with van der Waals surface area (Å²) in [5, 5.41) is 4.05. The molecule has 1 heterocycles. The largest absolute Gasteiger partial charge is 0.484 e. The highest BCUT2D eigenvalue weighted by molar-refractivity contribution is 7.89. The van der Waals surface area contributed by atoms with Gasteiger partial charge < -0.3 is 9.64 Å². The van der Waals surface area contributed by atoms with Crippen molar-refractivity contribution >= 4 is 37.5 Å². The minimum Gasteiger partial charge on any atom is -0.484 e. The SMILES string of the molecule is O=C(COc1ccc2ccccc2c1)N1CCN(S(=O)(=O)c2ccc3ccccc3c2)CC1. The zero-order chi connectivity index (χ0) is 22.8. The Hall–Kier alpha value is -3.42. The standard InChI is InChI=1S/C26H24N2O4S/c29-26(19-32-24-11-9-20-5-1-3-7-22(20)17-24)27-13-15-28(16-14-27)33(30,31)25-12-10-21-6-2-4-8-23(21)18-25/h1-12,17-18H,13-16,19H2. The lowest BCUT2D eigenvalue weighted by atomic mass is 10.1. The quantitative estimate of drug-likeness (QED) is 0.453. The first kappa shape index (κ1) is 21.4. The van der Waals surface area contributed by atoms with E-state index in [0.717, 1.165) is 21.5 Å². The van der Waals surface area contributed by atoms with Crippen molar-refractivity contribution < 1.29 is 17.9 Å². The smallest absolute Gasteiger partial charge is 0.260 e. The molecule has 0 saturated carbocycles. The van der Waals surface area contributed by atoms with Gasteiger partial charge in [-0.3, -0.25) is 4.79 Å². The second-order valence-corrected chi connectivity index (χ2v) is 10.0. The number of ether oxygens (including phenoxy) is 1. The van der Waals surface area contributed by atoms with Gasteiger partial charge in [-0.2, -0.15) is 4.31 Å². The minimum atomic E-state index is -3.61. The summed E-state index contributed by atoms with van der Waals surface area (Å²) in [6, 6.07) is 26.5. The maximum atomic E-state index is 13.1. The van der Waals surface area contributed by atoms with Gasteiger partial charge in [0, 0.05) is 26.2 Å². The summed E-state index contributed by atoms with van der Waals surface area (Å²) in [4.78, 5) is 14.6. The number of benzene rings is 4. The van der Waals surface area contributed by atoms with E-state index >= 15 is 0 Å². The molecule has 7 heteroatoms. The number of carbonyl (C=O) groups excluding carboxylic acids is 1. The van der Waals surface area contributed by atoms with Crippen LogP contribution >= 0.6 is 0 Å². The van der Waals surface area contributed by atoms with Crippen molar-refractivity contribution in [3.8, 4) is 5.75 Å². The first-order chi connectivity index (χ1) is 16.0. The molecule has 5 rings (SSSR count). The van der Waals surface area contributed by atoms with E-state index in [9.17, 15) is 13.2 Å². The van der Waals surface area contributed by atoms with Crippen LogP contribution < -0.4 is 4.74 Å². The molecule has 0 radical (unpaired) electrons. The Labute approximate surface area is 193 Å². The summed E-state index contributed by atoms with van der Waals surface area (Å²) >= 11 is 0. The van der Waals surface area contributed by atoms with Crippen molar-refractivity contribution in [1.82, 2.24) is 9.21 Å². The van der Waals surface area contributed by atoms with E-state index < -0.39 is 10.0 Å². The van der Waals surface area contributed by atoms with Gasteiger partial charge in [-0.05, 0) is 45.8 Å². The molecule has 1 amide bonds. The molecule has 33 heavy (non-hydrogen) atoms. The number of hydrogen-bond donors (Lipinski definition) is 0. The number of sulfonamides is 1. The molecule has 168 valence electrons. The Morgan fingerprint density at radius 1 is 0.727 bits per heavy atom. The number of rotatable bonds is 5. The Kier molecular flexibility index (Phi) is 5.74. The molecular weight excluding hydrogens is 436 g/mol. The van der Waals surface area contributed by atoms with Crippen molar-refractivity contribution in [3.63, 3.8) is 0 Å². The molecule has 0 aliphatic carbocycles. The number of carbonyl (C=O) groups is 1. The molecular formula is C26H24N2O4S. The van der Waals surface area contributed by atoms with Crippen LogP contribution in [0.15, 0.2) is 89.8 Å². The Morgan fingerprint density at radius 2 is 1.30 bits per heavy atom. The van der Waals surface area contributed by atoms with E-state index in [2.05, 4.69) is 0 Å². The lowest BCUT2D eigenvalue weighted by Crippen LogP contribution is -2.51. The van der Waals surface area contributed by atoms with Crippen LogP contribution in [0.4, 0.5) is 0 Å². The molecule has 4 aromatic rings. The normalized spacial score (nSPS) is 15.1. The third-order valence-corrected chi connectivity index (χ3v) is 7.93. The molecule has 0 atom stereocenters. The minimum absolute atomic E-state index is 0.0736. The maximum Gasteiger partial charge on any atom is 0.260 e. The first-order valence-corrected chi connectivity index (χ1v) is 12.3. The highest BCUT2D eigenvalue weighted by atomic mass is 32.2. The van der Waals surface area contributed by atoms with Gasteiger partial charge in [0.2, 0.25) is 10.0 Å². The second kappa shape index (κ2) is 8.84. The van der Waals surface area contributed by atoms with Crippen LogP contribution in [0.1, 0.15) is 0 Å². The topological polar surface area (TPSA) is 66.9 Å². The molecule has 1 saturated heterocycles. The van der Waals surface area contributed by atoms with Gasteiger partial charge in [-0.15, -0.1) is 0 Å². The molecule has 0 aromatic heterocycles. The molecule has 0 spiro atoms. The fourth-order valence-corrected chi connectivity index (χ4v) is 5.61. The van der Waals surface area contributed by atoms with Crippen LogP contribution in [0.3, 0.4) is 0 Å². The predicted octanol–water partition coefficient (Wildman–Crippen LogP) is 3.90. The summed E-state index contributed by atoms with van der Waals surface area (Å²) in [5.41, 5.74) is 0. The number of amides is 1. The van der Waals surface area contributed by atoms with E-state index in [4.69, 9.17) is 4.74 Å². The van der Waals surface area contributed by atoms with Gasteiger partial charge in [0.25, 0.3) is 5.91 Å². The zero-order valence-corrected chi connectivity index (χ0v) is 18.9. The molecule has 1 aliphatic rings. The van der Waals surface area contributed by atoms with E-state index in [1.165, 1.54) is 4.31 Å². The predicted molar refractivity (Wildman–Crippen MR) is 129 cm³/mol. The van der Waals surface area contributed by atoms with Crippen LogP contribution in [-0.4, -0.2) is 56.3 Å². The molecule has 0 bridgehead atoms. The van der Waals surface area contributed by atoms with Crippen molar-refractivity contribution in [2.45, 2.75) is 4.90 Å². The summed E-state index contributed by atoms with van der Waals surface area (Å²) in [7, 11) is -3.61. The Balaban J connectivity index is 1.20. The van der Waals surface area contributed by atoms with Gasteiger partial charge in [0.05, 0.1) is 4.90 Å². The third-order valence-electron chi connectivity index (χ3n) is 6.03. The number of fused-ring (bicyclic) bond motifs is 2. The summed E-state index contributed by atoms with van der Waals surface area (Å²) in [5.74, 6) is 0.491. The monoisotopic (exact) mass is 460 g/mol. The van der Waals surface area contributed by atoms with Crippen LogP contribution in [0.5, 0.6) is 5.75 Å². The Bertz CT molecular complexity index is 1430. The van der Waals surface area contributed by atoms with Crippen LogP contribution in [0.2, 0.25) is 0 Å². The summed E-state index contributed by atoms with van der Waals surface area (Å²) in [6.45, 7) is 1.13. The Morgan fingerprint density at radius 3 is 1.97 bits per heavy atom. The number of hydrogen-bond acceptors (Lipinski definition) is 4. The summed E-state index contributed by atoms with van der Waals surface area (Å²) < 4.78 is 33.4. The van der Waals surface area contributed by atoms with E-state index in [1.54, 1.807) is 17.0 Å². The van der Waals surface area contributed by atoms with Crippen molar-refractivity contribution in [2.24, 2.45) is 0 Å². The lowest BCUT2D eigenvalue weighted by Gasteiger charge is -2.34. The van der Waals surface area contributed by atoms with Crippen LogP contribution in [0, 0.1) is 0 Å². The first-order valence-electron chi connectivity index (χ1n) is 10.9. The van der Waals surface area contributed by atoms with E-state index in [-0.39, 0.29) is 30.5 Å². The van der Waals surface area contributed by atoms with E-state index in [0.29, 0.717) is 18.8 Å². The van der Waals surface area contributed by atoms with Crippen LogP contribution in [0.25, 0.3) is 21.5 Å². The number of piperazine rings is 1. The molecule has 6 nitrogen and oxygen atoms in total. The number of nitrogens with zero attached hydrogens (tertiary/aromatic N) is 2. The van der Waals surface area contributed by atoms with Crippen molar-refractivity contribution in [3.05, 3.63) is 84.9 Å². The van der Waals surface area contributed by atoms with Gasteiger partial charge in [0.15, 0.2) is 6.61 Å². The van der Waals surface area contributed by atoms with Gasteiger partial charge in [-0.25, -0.2) is 8.42 Å². The fourth-order valence-electron chi connectivity index (χ4n) is 4.15. The molecule has 0 N–H and O–H groups in total. The van der Waals surface area contributed by atoms with Gasteiger partial charge >= 0.3 is 0 Å². The maximum absolute atomic E-state index is 13.1. The highest BCUT2D eigenvalue weighted by Crippen LogP contribution is 2.23.